The van der Waals surface area contributed by atoms with Crippen molar-refractivity contribution in [1.82, 2.24) is 9.88 Å². The van der Waals surface area contributed by atoms with Crippen LogP contribution in [0.1, 0.15) is 43.0 Å². The number of anilines is 1. The van der Waals surface area contributed by atoms with Crippen LogP contribution in [-0.2, 0) is 11.3 Å². The summed E-state index contributed by atoms with van der Waals surface area (Å²) in [7, 11) is 0. The van der Waals surface area contributed by atoms with Crippen LogP contribution in [0, 0.1) is 13.8 Å². The molecule has 4 heteroatoms. The highest BCUT2D eigenvalue weighted by atomic mass is 16.5. The molecule has 1 aliphatic heterocycles. The third-order valence-corrected chi connectivity index (χ3v) is 4.07. The van der Waals surface area contributed by atoms with Crippen molar-refractivity contribution in [2.45, 2.75) is 52.7 Å². The molecule has 20 heavy (non-hydrogen) atoms. The normalized spacial score (nSPS) is 20.2. The molecule has 1 unspecified atom stereocenters. The van der Waals surface area contributed by atoms with Crippen molar-refractivity contribution in [3.63, 3.8) is 0 Å². The first-order valence-corrected chi connectivity index (χ1v) is 7.66. The standard InChI is InChI=1S/C16H27N3O/c1-4-8-20-14-6-5-7-19(10-14)11-15-13(3)16(17)12(2)9-18-15/h9,14H,4-8,10-11H2,1-3H3,(H2,17,18). The first-order valence-electron chi connectivity index (χ1n) is 7.66. The summed E-state index contributed by atoms with van der Waals surface area (Å²) < 4.78 is 5.89. The summed E-state index contributed by atoms with van der Waals surface area (Å²) in [6.45, 7) is 10.1. The van der Waals surface area contributed by atoms with Crippen molar-refractivity contribution >= 4 is 5.69 Å². The van der Waals surface area contributed by atoms with Crippen LogP contribution in [0.2, 0.25) is 0 Å². The number of likely N-dealkylation sites (tertiary alicyclic amines) is 1. The van der Waals surface area contributed by atoms with Crippen LogP contribution >= 0.6 is 0 Å². The summed E-state index contributed by atoms with van der Waals surface area (Å²) in [5.41, 5.74) is 10.3. The molecule has 1 fully saturated rings. The number of ether oxygens (including phenoxy) is 1. The van der Waals surface area contributed by atoms with E-state index < -0.39 is 0 Å². The van der Waals surface area contributed by atoms with Gasteiger partial charge in [0.05, 0.1) is 11.8 Å². The lowest BCUT2D eigenvalue weighted by atomic mass is 10.1. The van der Waals surface area contributed by atoms with E-state index >= 15 is 0 Å². The SMILES string of the molecule is CCCOC1CCCN(Cc2ncc(C)c(N)c2C)C1. The molecule has 1 saturated heterocycles. The number of nitrogens with two attached hydrogens (primary N) is 1. The van der Waals surface area contributed by atoms with E-state index in [1.165, 1.54) is 12.8 Å². The Kier molecular flexibility index (Phi) is 5.38. The van der Waals surface area contributed by atoms with Crippen molar-refractivity contribution in [3.05, 3.63) is 23.0 Å². The fourth-order valence-electron chi connectivity index (χ4n) is 2.74. The molecule has 1 aromatic rings. The number of aromatic nitrogens is 1. The van der Waals surface area contributed by atoms with E-state index in [1.54, 1.807) is 0 Å². The van der Waals surface area contributed by atoms with Gasteiger partial charge in [0.25, 0.3) is 0 Å². The number of pyridine rings is 1. The third kappa shape index (κ3) is 3.70. The average molecular weight is 277 g/mol. The van der Waals surface area contributed by atoms with E-state index in [1.807, 2.05) is 13.1 Å². The van der Waals surface area contributed by atoms with Gasteiger partial charge >= 0.3 is 0 Å². The molecule has 0 spiro atoms. The molecule has 4 nitrogen and oxygen atoms in total. The van der Waals surface area contributed by atoms with E-state index in [0.29, 0.717) is 6.10 Å². The van der Waals surface area contributed by atoms with Crippen molar-refractivity contribution in [1.29, 1.82) is 0 Å². The Morgan fingerprint density at radius 2 is 2.25 bits per heavy atom. The number of nitrogens with zero attached hydrogens (tertiary/aromatic N) is 2. The van der Waals surface area contributed by atoms with E-state index in [0.717, 1.165) is 55.2 Å². The van der Waals surface area contributed by atoms with Gasteiger partial charge < -0.3 is 10.5 Å². The van der Waals surface area contributed by atoms with Crippen molar-refractivity contribution in [2.24, 2.45) is 0 Å². The zero-order valence-corrected chi connectivity index (χ0v) is 13.0. The van der Waals surface area contributed by atoms with E-state index in [2.05, 4.69) is 23.7 Å². The zero-order chi connectivity index (χ0) is 14.5. The summed E-state index contributed by atoms with van der Waals surface area (Å²) in [6.07, 6.45) is 5.73. The number of hydrogen-bond acceptors (Lipinski definition) is 4. The molecule has 1 aromatic heterocycles. The molecule has 1 aliphatic rings. The van der Waals surface area contributed by atoms with E-state index in [-0.39, 0.29) is 0 Å². The van der Waals surface area contributed by atoms with Gasteiger partial charge in [0.15, 0.2) is 0 Å². The van der Waals surface area contributed by atoms with Gasteiger partial charge in [0, 0.05) is 31.6 Å². The molecular formula is C16H27N3O. The van der Waals surface area contributed by atoms with Gasteiger partial charge in [-0.1, -0.05) is 6.92 Å². The van der Waals surface area contributed by atoms with Gasteiger partial charge in [-0.3, -0.25) is 9.88 Å². The third-order valence-electron chi connectivity index (χ3n) is 4.07. The molecule has 0 bridgehead atoms. The minimum Gasteiger partial charge on any atom is -0.398 e. The molecule has 0 radical (unpaired) electrons. The molecular weight excluding hydrogens is 250 g/mol. The minimum absolute atomic E-state index is 0.381. The minimum atomic E-state index is 0.381. The summed E-state index contributed by atoms with van der Waals surface area (Å²) >= 11 is 0. The Morgan fingerprint density at radius 1 is 1.45 bits per heavy atom. The van der Waals surface area contributed by atoms with Gasteiger partial charge in [0.2, 0.25) is 0 Å². The van der Waals surface area contributed by atoms with Gasteiger partial charge in [0.1, 0.15) is 0 Å². The molecule has 2 N–H and O–H groups in total. The maximum atomic E-state index is 6.10. The fraction of sp³-hybridized carbons (Fsp3) is 0.688. The molecule has 0 saturated carbocycles. The zero-order valence-electron chi connectivity index (χ0n) is 13.0. The Hall–Kier alpha value is -1.13. The van der Waals surface area contributed by atoms with Crippen LogP contribution in [-0.4, -0.2) is 35.7 Å². The van der Waals surface area contributed by atoms with Gasteiger partial charge in [-0.25, -0.2) is 0 Å². The average Bonchev–Trinajstić information content (AvgIpc) is 2.46. The van der Waals surface area contributed by atoms with Crippen LogP contribution in [0.3, 0.4) is 0 Å². The Labute approximate surface area is 122 Å². The highest BCUT2D eigenvalue weighted by molar-refractivity contribution is 5.53. The largest absolute Gasteiger partial charge is 0.398 e. The topological polar surface area (TPSA) is 51.4 Å². The van der Waals surface area contributed by atoms with Crippen molar-refractivity contribution < 1.29 is 4.74 Å². The Bertz CT molecular complexity index is 448. The lowest BCUT2D eigenvalue weighted by Gasteiger charge is -2.32. The second-order valence-corrected chi connectivity index (χ2v) is 5.80. The maximum Gasteiger partial charge on any atom is 0.0702 e. The summed E-state index contributed by atoms with van der Waals surface area (Å²) in [4.78, 5) is 7.00. The van der Waals surface area contributed by atoms with Crippen LogP contribution in [0.25, 0.3) is 0 Å². The predicted octanol–water partition coefficient (Wildman–Crippen LogP) is 2.67. The summed E-state index contributed by atoms with van der Waals surface area (Å²) in [6, 6.07) is 0. The predicted molar refractivity (Wildman–Crippen MR) is 82.7 cm³/mol. The number of rotatable bonds is 5. The quantitative estimate of drug-likeness (QED) is 0.899. The summed E-state index contributed by atoms with van der Waals surface area (Å²) in [5, 5.41) is 0. The van der Waals surface area contributed by atoms with Crippen LogP contribution in [0.4, 0.5) is 5.69 Å². The Balaban J connectivity index is 1.97. The smallest absolute Gasteiger partial charge is 0.0702 e. The monoisotopic (exact) mass is 277 g/mol. The molecule has 0 aliphatic carbocycles. The number of nitrogen functional groups attached to an aromatic ring is 1. The molecule has 0 aromatic carbocycles. The van der Waals surface area contributed by atoms with Gasteiger partial charge in [-0.2, -0.15) is 0 Å². The first kappa shape index (κ1) is 15.3. The molecule has 0 amide bonds. The summed E-state index contributed by atoms with van der Waals surface area (Å²) in [5.74, 6) is 0. The fourth-order valence-corrected chi connectivity index (χ4v) is 2.74. The van der Waals surface area contributed by atoms with Gasteiger partial charge in [-0.05, 0) is 50.8 Å². The molecule has 2 heterocycles. The molecule has 1 atom stereocenters. The lowest BCUT2D eigenvalue weighted by molar-refractivity contribution is -0.00256. The highest BCUT2D eigenvalue weighted by Crippen LogP contribution is 2.21. The van der Waals surface area contributed by atoms with Gasteiger partial charge in [-0.15, -0.1) is 0 Å². The van der Waals surface area contributed by atoms with Crippen LogP contribution < -0.4 is 5.73 Å². The molecule has 2 rings (SSSR count). The van der Waals surface area contributed by atoms with Crippen molar-refractivity contribution in [3.8, 4) is 0 Å². The van der Waals surface area contributed by atoms with Crippen molar-refractivity contribution in [2.75, 3.05) is 25.4 Å². The molecule has 112 valence electrons. The maximum absolute atomic E-state index is 6.10. The second-order valence-electron chi connectivity index (χ2n) is 5.80. The highest BCUT2D eigenvalue weighted by Gasteiger charge is 2.21. The van der Waals surface area contributed by atoms with E-state index in [9.17, 15) is 0 Å². The number of aryl methyl sites for hydroxylation is 1. The lowest BCUT2D eigenvalue weighted by Crippen LogP contribution is -2.39. The number of hydrogen-bond donors (Lipinski definition) is 1. The van der Waals surface area contributed by atoms with Crippen LogP contribution in [0.5, 0.6) is 0 Å². The van der Waals surface area contributed by atoms with E-state index in [4.69, 9.17) is 10.5 Å². The van der Waals surface area contributed by atoms with Crippen LogP contribution in [0.15, 0.2) is 6.20 Å². The number of piperidine rings is 1. The Morgan fingerprint density at radius 3 is 3.00 bits per heavy atom. The second kappa shape index (κ2) is 7.04. The first-order chi connectivity index (χ1) is 9.61.